The Morgan fingerprint density at radius 2 is 1.66 bits per heavy atom. The van der Waals surface area contributed by atoms with Crippen LogP contribution in [0.5, 0.6) is 5.75 Å². The van der Waals surface area contributed by atoms with E-state index in [2.05, 4.69) is 5.32 Å². The van der Waals surface area contributed by atoms with Gasteiger partial charge in [0.15, 0.2) is 0 Å². The third-order valence-corrected chi connectivity index (χ3v) is 8.03. The third-order valence-electron chi connectivity index (χ3n) is 6.54. The van der Waals surface area contributed by atoms with Crippen LogP contribution in [0.2, 0.25) is 5.02 Å². The van der Waals surface area contributed by atoms with E-state index in [1.807, 2.05) is 51.1 Å². The van der Waals surface area contributed by atoms with Gasteiger partial charge in [-0.3, -0.25) is 13.9 Å². The Kier molecular flexibility index (Phi) is 11.2. The van der Waals surface area contributed by atoms with Gasteiger partial charge in [0, 0.05) is 24.5 Å². The molecule has 41 heavy (non-hydrogen) atoms. The van der Waals surface area contributed by atoms with E-state index in [-0.39, 0.29) is 30.5 Å². The molecular formula is C31H38ClN3O5S. The molecule has 0 heterocycles. The summed E-state index contributed by atoms with van der Waals surface area (Å²) in [5, 5.41) is 3.40. The fraction of sp³-hybridized carbons (Fsp3) is 0.355. The molecule has 0 saturated carbocycles. The van der Waals surface area contributed by atoms with E-state index in [4.69, 9.17) is 16.3 Å². The molecule has 2 amide bonds. The molecule has 0 aliphatic carbocycles. The van der Waals surface area contributed by atoms with Crippen molar-refractivity contribution in [1.29, 1.82) is 0 Å². The van der Waals surface area contributed by atoms with Crippen molar-refractivity contribution in [3.05, 3.63) is 94.5 Å². The molecule has 0 saturated heterocycles. The largest absolute Gasteiger partial charge is 0.495 e. The minimum atomic E-state index is -3.92. The van der Waals surface area contributed by atoms with Crippen molar-refractivity contribution in [2.24, 2.45) is 5.92 Å². The number of carbonyl (C=O) groups excluding carboxylic acids is 2. The summed E-state index contributed by atoms with van der Waals surface area (Å²) >= 11 is 6.49. The molecule has 0 fully saturated rings. The Morgan fingerprint density at radius 1 is 1.00 bits per heavy atom. The summed E-state index contributed by atoms with van der Waals surface area (Å²) < 4.78 is 32.6. The first-order valence-electron chi connectivity index (χ1n) is 13.4. The number of anilines is 1. The normalized spacial score (nSPS) is 12.1. The van der Waals surface area contributed by atoms with Gasteiger partial charge in [-0.05, 0) is 47.7 Å². The van der Waals surface area contributed by atoms with E-state index >= 15 is 0 Å². The van der Waals surface area contributed by atoms with Crippen LogP contribution in [0.1, 0.15) is 30.5 Å². The molecule has 220 valence electrons. The molecule has 0 aliphatic heterocycles. The lowest BCUT2D eigenvalue weighted by Gasteiger charge is -2.34. The van der Waals surface area contributed by atoms with Crippen molar-refractivity contribution >= 4 is 39.1 Å². The fourth-order valence-electron chi connectivity index (χ4n) is 4.38. The summed E-state index contributed by atoms with van der Waals surface area (Å²) in [7, 11) is -2.48. The first kappa shape index (κ1) is 32.0. The van der Waals surface area contributed by atoms with Crippen LogP contribution >= 0.6 is 11.6 Å². The number of carbonyl (C=O) groups is 2. The molecular weight excluding hydrogens is 562 g/mol. The number of hydrogen-bond donors (Lipinski definition) is 1. The zero-order valence-corrected chi connectivity index (χ0v) is 25.7. The zero-order valence-electron chi connectivity index (χ0n) is 24.1. The van der Waals surface area contributed by atoms with Gasteiger partial charge in [-0.25, -0.2) is 8.42 Å². The average Bonchev–Trinajstić information content (AvgIpc) is 2.93. The number of aryl methyl sites for hydroxylation is 1. The molecule has 8 nitrogen and oxygen atoms in total. The first-order chi connectivity index (χ1) is 19.4. The van der Waals surface area contributed by atoms with E-state index in [0.717, 1.165) is 21.7 Å². The molecule has 3 aromatic rings. The predicted molar refractivity (Wildman–Crippen MR) is 164 cm³/mol. The lowest BCUT2D eigenvalue weighted by molar-refractivity contribution is -0.140. The van der Waals surface area contributed by atoms with Crippen LogP contribution in [0, 0.1) is 12.8 Å². The number of halogens is 1. The van der Waals surface area contributed by atoms with Gasteiger partial charge >= 0.3 is 0 Å². The Bertz CT molecular complexity index is 1450. The number of nitrogens with one attached hydrogen (secondary N) is 1. The predicted octanol–water partition coefficient (Wildman–Crippen LogP) is 4.84. The lowest BCUT2D eigenvalue weighted by Crippen LogP contribution is -2.53. The summed E-state index contributed by atoms with van der Waals surface area (Å²) in [4.78, 5) is 29.3. The Hall–Kier alpha value is -3.56. The van der Waals surface area contributed by atoms with Crippen molar-refractivity contribution in [2.45, 2.75) is 39.8 Å². The van der Waals surface area contributed by atoms with Gasteiger partial charge in [0.25, 0.3) is 0 Å². The molecule has 0 bridgehead atoms. The molecule has 3 rings (SSSR count). The van der Waals surface area contributed by atoms with Gasteiger partial charge in [0.2, 0.25) is 21.8 Å². The van der Waals surface area contributed by atoms with E-state index in [9.17, 15) is 18.0 Å². The van der Waals surface area contributed by atoms with E-state index in [1.165, 1.54) is 12.0 Å². The van der Waals surface area contributed by atoms with Crippen molar-refractivity contribution < 1.29 is 22.7 Å². The summed E-state index contributed by atoms with van der Waals surface area (Å²) in [5.74, 6) is -0.387. The molecule has 0 aliphatic rings. The van der Waals surface area contributed by atoms with Crippen LogP contribution in [0.4, 0.5) is 5.69 Å². The standard InChI is InChI=1S/C31H38ClN3O5S/c1-22(2)19-33-31(37)28(18-24-11-7-6-8-12-24)34(20-25-13-9-10-14-26(25)32)30(36)21-35(41(5,38)39)27-17-23(3)15-16-29(27)40-4/h6-17,22,28H,18-21H2,1-5H3,(H,33,37)/t28-/m1/s1. The third kappa shape index (κ3) is 8.96. The first-order valence-corrected chi connectivity index (χ1v) is 15.6. The van der Waals surface area contributed by atoms with Crippen molar-refractivity contribution in [3.8, 4) is 5.75 Å². The Morgan fingerprint density at radius 3 is 2.27 bits per heavy atom. The molecule has 0 unspecified atom stereocenters. The monoisotopic (exact) mass is 599 g/mol. The van der Waals surface area contributed by atoms with E-state index in [1.54, 1.807) is 42.5 Å². The van der Waals surface area contributed by atoms with Crippen LogP contribution < -0.4 is 14.4 Å². The van der Waals surface area contributed by atoms with E-state index < -0.39 is 28.5 Å². The minimum absolute atomic E-state index is 0.00760. The van der Waals surface area contributed by atoms with Crippen LogP contribution in [-0.4, -0.2) is 57.6 Å². The smallest absolute Gasteiger partial charge is 0.244 e. The highest BCUT2D eigenvalue weighted by atomic mass is 35.5. The molecule has 0 aromatic heterocycles. The number of nitrogens with zero attached hydrogens (tertiary/aromatic N) is 2. The highest BCUT2D eigenvalue weighted by Crippen LogP contribution is 2.31. The molecule has 1 N–H and O–H groups in total. The van der Waals surface area contributed by atoms with Crippen LogP contribution in [0.15, 0.2) is 72.8 Å². The van der Waals surface area contributed by atoms with E-state index in [0.29, 0.717) is 22.9 Å². The van der Waals surface area contributed by atoms with Gasteiger partial charge in [0.05, 0.1) is 19.1 Å². The van der Waals surface area contributed by atoms with Gasteiger partial charge in [-0.1, -0.05) is 80.0 Å². The lowest BCUT2D eigenvalue weighted by atomic mass is 10.0. The number of rotatable bonds is 13. The molecule has 1 atom stereocenters. The highest BCUT2D eigenvalue weighted by molar-refractivity contribution is 7.92. The van der Waals surface area contributed by atoms with Crippen LogP contribution in [0.3, 0.4) is 0 Å². The Balaban J connectivity index is 2.10. The summed E-state index contributed by atoms with van der Waals surface area (Å²) in [6.45, 7) is 5.69. The van der Waals surface area contributed by atoms with Crippen LogP contribution in [0.25, 0.3) is 0 Å². The van der Waals surface area contributed by atoms with Crippen LogP contribution in [-0.2, 0) is 32.6 Å². The minimum Gasteiger partial charge on any atom is -0.495 e. The molecule has 0 spiro atoms. The van der Waals surface area contributed by atoms with Crippen molar-refractivity contribution in [2.75, 3.05) is 30.8 Å². The second kappa shape index (κ2) is 14.4. The second-order valence-corrected chi connectivity index (χ2v) is 12.7. The van der Waals surface area contributed by atoms with Gasteiger partial charge in [-0.15, -0.1) is 0 Å². The maximum atomic E-state index is 14.2. The molecule has 3 aromatic carbocycles. The summed E-state index contributed by atoms with van der Waals surface area (Å²) in [6.07, 6.45) is 1.27. The maximum Gasteiger partial charge on any atom is 0.244 e. The fourth-order valence-corrected chi connectivity index (χ4v) is 5.42. The topological polar surface area (TPSA) is 96.0 Å². The zero-order chi connectivity index (χ0) is 30.2. The average molecular weight is 600 g/mol. The maximum absolute atomic E-state index is 14.2. The van der Waals surface area contributed by atoms with Gasteiger partial charge < -0.3 is 15.0 Å². The number of amides is 2. The number of hydrogen-bond acceptors (Lipinski definition) is 5. The summed E-state index contributed by atoms with van der Waals surface area (Å²) in [6, 6.07) is 20.7. The van der Waals surface area contributed by atoms with Gasteiger partial charge in [-0.2, -0.15) is 0 Å². The summed E-state index contributed by atoms with van der Waals surface area (Å²) in [5.41, 5.74) is 2.53. The van der Waals surface area contributed by atoms with Crippen molar-refractivity contribution in [3.63, 3.8) is 0 Å². The molecule has 0 radical (unpaired) electrons. The highest BCUT2D eigenvalue weighted by Gasteiger charge is 2.34. The second-order valence-electron chi connectivity index (χ2n) is 10.4. The quantitative estimate of drug-likeness (QED) is 0.303. The SMILES string of the molecule is COc1ccc(C)cc1N(CC(=O)N(Cc1ccccc1Cl)[C@H](Cc1ccccc1)C(=O)NCC(C)C)S(C)(=O)=O. The Labute approximate surface area is 248 Å². The number of benzene rings is 3. The number of methoxy groups -OCH3 is 1. The van der Waals surface area contributed by atoms with Crippen molar-refractivity contribution in [1.82, 2.24) is 10.2 Å². The van der Waals surface area contributed by atoms with Gasteiger partial charge in [0.1, 0.15) is 18.3 Å². The molecule has 10 heteroatoms. The number of ether oxygens (including phenoxy) is 1. The number of sulfonamides is 1.